The number of benzene rings is 1. The molecule has 1 heteroatoms. The van der Waals surface area contributed by atoms with Gasteiger partial charge in [0.05, 0.1) is 0 Å². The highest BCUT2D eigenvalue weighted by molar-refractivity contribution is 5.79. The summed E-state index contributed by atoms with van der Waals surface area (Å²) in [5, 5.41) is 0. The molecule has 2 aliphatic heterocycles. The standard InChI is InChI=1S/C15H17N/c1-2-7-13(8-3-1)14-9-6-12-16-11-5-4-10-15(14)16/h1-3,7-10H,4-6,11-12H2. The van der Waals surface area contributed by atoms with Crippen molar-refractivity contribution in [1.29, 1.82) is 0 Å². The molecule has 0 spiro atoms. The van der Waals surface area contributed by atoms with E-state index >= 15 is 0 Å². The predicted molar refractivity (Wildman–Crippen MR) is 67.9 cm³/mol. The zero-order chi connectivity index (χ0) is 10.8. The Kier molecular flexibility index (Phi) is 2.53. The quantitative estimate of drug-likeness (QED) is 0.687. The van der Waals surface area contributed by atoms with Crippen molar-refractivity contribution in [1.82, 2.24) is 4.90 Å². The first-order valence-corrected chi connectivity index (χ1v) is 6.16. The van der Waals surface area contributed by atoms with Gasteiger partial charge in [-0.3, -0.25) is 0 Å². The summed E-state index contributed by atoms with van der Waals surface area (Å²) in [6.07, 6.45) is 8.52. The van der Waals surface area contributed by atoms with Crippen LogP contribution in [0.3, 0.4) is 0 Å². The summed E-state index contributed by atoms with van der Waals surface area (Å²) >= 11 is 0. The van der Waals surface area contributed by atoms with Gasteiger partial charge in [0.1, 0.15) is 0 Å². The fourth-order valence-corrected chi connectivity index (χ4v) is 2.64. The van der Waals surface area contributed by atoms with Gasteiger partial charge in [0.25, 0.3) is 0 Å². The van der Waals surface area contributed by atoms with Crippen LogP contribution in [0.15, 0.2) is 48.2 Å². The van der Waals surface area contributed by atoms with Crippen molar-refractivity contribution < 1.29 is 0 Å². The van der Waals surface area contributed by atoms with Crippen molar-refractivity contribution in [3.63, 3.8) is 0 Å². The molecule has 0 amide bonds. The number of hydrogen-bond donors (Lipinski definition) is 0. The predicted octanol–water partition coefficient (Wildman–Crippen LogP) is 3.45. The lowest BCUT2D eigenvalue weighted by Gasteiger charge is -2.35. The minimum absolute atomic E-state index is 1.18. The molecule has 0 fully saturated rings. The second-order valence-corrected chi connectivity index (χ2v) is 4.49. The Morgan fingerprint density at radius 3 is 2.62 bits per heavy atom. The van der Waals surface area contributed by atoms with Crippen LogP contribution in [-0.4, -0.2) is 18.0 Å². The molecule has 2 heterocycles. The Labute approximate surface area is 97.1 Å². The Morgan fingerprint density at radius 2 is 1.75 bits per heavy atom. The number of rotatable bonds is 1. The maximum atomic E-state index is 2.53. The van der Waals surface area contributed by atoms with E-state index in [1.165, 1.54) is 49.2 Å². The van der Waals surface area contributed by atoms with E-state index in [-0.39, 0.29) is 0 Å². The molecule has 0 bridgehead atoms. The van der Waals surface area contributed by atoms with Crippen LogP contribution in [0.1, 0.15) is 24.8 Å². The largest absolute Gasteiger partial charge is 0.371 e. The molecular weight excluding hydrogens is 194 g/mol. The Hall–Kier alpha value is -1.50. The van der Waals surface area contributed by atoms with Gasteiger partial charge in [0, 0.05) is 24.4 Å². The van der Waals surface area contributed by atoms with Crippen LogP contribution < -0.4 is 0 Å². The highest BCUT2D eigenvalue weighted by Gasteiger charge is 2.20. The smallest absolute Gasteiger partial charge is 0.0402 e. The summed E-state index contributed by atoms with van der Waals surface area (Å²) in [6.45, 7) is 2.43. The molecule has 3 rings (SSSR count). The molecule has 0 aliphatic carbocycles. The average Bonchev–Trinajstić information content (AvgIpc) is 2.39. The van der Waals surface area contributed by atoms with Crippen molar-refractivity contribution >= 4 is 5.57 Å². The number of nitrogens with zero attached hydrogens (tertiary/aromatic N) is 1. The van der Waals surface area contributed by atoms with Crippen molar-refractivity contribution in [3.05, 3.63) is 53.7 Å². The zero-order valence-electron chi connectivity index (χ0n) is 9.52. The van der Waals surface area contributed by atoms with Crippen LogP contribution in [0.5, 0.6) is 0 Å². The Balaban J connectivity index is 2.00. The molecule has 16 heavy (non-hydrogen) atoms. The molecule has 0 saturated heterocycles. The summed E-state index contributed by atoms with van der Waals surface area (Å²) in [5.74, 6) is 0. The monoisotopic (exact) mass is 211 g/mol. The van der Waals surface area contributed by atoms with E-state index in [9.17, 15) is 0 Å². The van der Waals surface area contributed by atoms with Gasteiger partial charge in [0.15, 0.2) is 0 Å². The van der Waals surface area contributed by atoms with Crippen LogP contribution in [0.2, 0.25) is 0 Å². The minimum Gasteiger partial charge on any atom is -0.371 e. The molecular formula is C15H17N. The second kappa shape index (κ2) is 4.17. The van der Waals surface area contributed by atoms with E-state index in [1.807, 2.05) is 0 Å². The molecule has 1 nitrogen and oxygen atoms in total. The van der Waals surface area contributed by atoms with Crippen LogP contribution in [-0.2, 0) is 0 Å². The fraction of sp³-hybridized carbons (Fsp3) is 0.333. The van der Waals surface area contributed by atoms with Gasteiger partial charge in [0.2, 0.25) is 0 Å². The number of fused-ring (bicyclic) bond motifs is 1. The maximum absolute atomic E-state index is 2.53. The fourth-order valence-electron chi connectivity index (χ4n) is 2.64. The average molecular weight is 211 g/mol. The van der Waals surface area contributed by atoms with Gasteiger partial charge in [-0.2, -0.15) is 0 Å². The third-order valence-corrected chi connectivity index (χ3v) is 3.42. The van der Waals surface area contributed by atoms with Gasteiger partial charge in [-0.15, -0.1) is 0 Å². The SMILES string of the molecule is C1=C(c2ccccc2)C2=CCCCN2CC1. The summed E-state index contributed by atoms with van der Waals surface area (Å²) in [5.41, 5.74) is 4.26. The normalized spacial score (nSPS) is 19.9. The molecule has 0 saturated carbocycles. The summed E-state index contributed by atoms with van der Waals surface area (Å²) in [7, 11) is 0. The molecule has 0 N–H and O–H groups in total. The summed E-state index contributed by atoms with van der Waals surface area (Å²) in [6, 6.07) is 10.8. The minimum atomic E-state index is 1.18. The van der Waals surface area contributed by atoms with Crippen molar-refractivity contribution in [2.75, 3.05) is 13.1 Å². The number of hydrogen-bond acceptors (Lipinski definition) is 1. The molecule has 0 unspecified atom stereocenters. The van der Waals surface area contributed by atoms with Crippen molar-refractivity contribution in [2.45, 2.75) is 19.3 Å². The highest BCUT2D eigenvalue weighted by atomic mass is 15.1. The lowest BCUT2D eigenvalue weighted by molar-refractivity contribution is 0.335. The number of allylic oxidation sites excluding steroid dienone is 2. The maximum Gasteiger partial charge on any atom is 0.0402 e. The molecule has 1 aromatic carbocycles. The molecule has 1 aromatic rings. The van der Waals surface area contributed by atoms with Crippen LogP contribution in [0.25, 0.3) is 5.57 Å². The van der Waals surface area contributed by atoms with Gasteiger partial charge in [-0.25, -0.2) is 0 Å². The van der Waals surface area contributed by atoms with Gasteiger partial charge >= 0.3 is 0 Å². The van der Waals surface area contributed by atoms with E-state index in [1.54, 1.807) is 0 Å². The first-order chi connectivity index (χ1) is 7.95. The van der Waals surface area contributed by atoms with E-state index in [4.69, 9.17) is 0 Å². The summed E-state index contributed by atoms with van der Waals surface area (Å²) < 4.78 is 0. The molecule has 0 aromatic heterocycles. The van der Waals surface area contributed by atoms with Crippen LogP contribution >= 0.6 is 0 Å². The van der Waals surface area contributed by atoms with Gasteiger partial charge in [-0.05, 0) is 24.8 Å². The van der Waals surface area contributed by atoms with Crippen LogP contribution in [0.4, 0.5) is 0 Å². The molecule has 2 aliphatic rings. The highest BCUT2D eigenvalue weighted by Crippen LogP contribution is 2.32. The van der Waals surface area contributed by atoms with E-state index in [0.717, 1.165) is 0 Å². The lowest BCUT2D eigenvalue weighted by atomic mass is 9.94. The zero-order valence-corrected chi connectivity index (χ0v) is 9.52. The molecule has 0 radical (unpaired) electrons. The summed E-state index contributed by atoms with van der Waals surface area (Å²) in [4.78, 5) is 2.53. The van der Waals surface area contributed by atoms with Crippen molar-refractivity contribution in [3.8, 4) is 0 Å². The van der Waals surface area contributed by atoms with Crippen LogP contribution in [0, 0.1) is 0 Å². The Bertz CT molecular complexity index is 428. The Morgan fingerprint density at radius 1 is 0.875 bits per heavy atom. The molecule has 82 valence electrons. The van der Waals surface area contributed by atoms with E-state index in [0.29, 0.717) is 0 Å². The van der Waals surface area contributed by atoms with Gasteiger partial charge in [-0.1, -0.05) is 42.5 Å². The van der Waals surface area contributed by atoms with Gasteiger partial charge < -0.3 is 4.90 Å². The second-order valence-electron chi connectivity index (χ2n) is 4.49. The third kappa shape index (κ3) is 1.67. The topological polar surface area (TPSA) is 3.24 Å². The van der Waals surface area contributed by atoms with E-state index < -0.39 is 0 Å². The molecule has 0 atom stereocenters. The van der Waals surface area contributed by atoms with E-state index in [2.05, 4.69) is 47.4 Å². The van der Waals surface area contributed by atoms with Crippen molar-refractivity contribution in [2.24, 2.45) is 0 Å². The lowest BCUT2D eigenvalue weighted by Crippen LogP contribution is -2.30. The first-order valence-electron chi connectivity index (χ1n) is 6.16. The third-order valence-electron chi connectivity index (χ3n) is 3.42. The first kappa shape index (κ1) is 9.71.